The molecule has 166 valence electrons. The first-order valence-electron chi connectivity index (χ1n) is 9.54. The molecule has 29 heavy (non-hydrogen) atoms. The van der Waals surface area contributed by atoms with Gasteiger partial charge >= 0.3 is 16.4 Å². The van der Waals surface area contributed by atoms with Crippen molar-refractivity contribution < 1.29 is 30.5 Å². The van der Waals surface area contributed by atoms with Crippen LogP contribution in [0.5, 0.6) is 5.75 Å². The maximum Gasteiger partial charge on any atom is 0.397 e. The van der Waals surface area contributed by atoms with Crippen molar-refractivity contribution in [3.8, 4) is 5.75 Å². The molecule has 1 fully saturated rings. The second kappa shape index (κ2) is 8.81. The molecule has 1 aromatic carbocycles. The number of alkyl halides is 6. The van der Waals surface area contributed by atoms with Gasteiger partial charge < -0.3 is 4.18 Å². The van der Waals surface area contributed by atoms with Crippen molar-refractivity contribution in [2.75, 3.05) is 0 Å². The van der Waals surface area contributed by atoms with Crippen molar-refractivity contribution >= 4 is 24.7 Å². The van der Waals surface area contributed by atoms with E-state index < -0.39 is 28.5 Å². The van der Waals surface area contributed by atoms with Crippen LogP contribution in [0.1, 0.15) is 58.4 Å². The summed E-state index contributed by atoms with van der Waals surface area (Å²) in [6.45, 7) is 6.54. The van der Waals surface area contributed by atoms with Gasteiger partial charge in [0.05, 0.1) is 0 Å². The average Bonchev–Trinajstić information content (AvgIpc) is 2.59. The Hall–Kier alpha value is -0.700. The summed E-state index contributed by atoms with van der Waals surface area (Å²) in [6, 6.07) is 6.24. The fourth-order valence-electron chi connectivity index (χ4n) is 4.33. The van der Waals surface area contributed by atoms with E-state index in [2.05, 4.69) is 37.6 Å². The van der Waals surface area contributed by atoms with Crippen molar-refractivity contribution in [2.24, 2.45) is 11.8 Å². The third kappa shape index (κ3) is 5.51. The lowest BCUT2D eigenvalue weighted by Gasteiger charge is -2.42. The van der Waals surface area contributed by atoms with Gasteiger partial charge in [0.25, 0.3) is 0 Å². The van der Waals surface area contributed by atoms with Gasteiger partial charge in [-0.05, 0) is 54.2 Å². The SMILES string of the molecule is CCCC1CC(C)CC(C)(c2ccc(OSC(F)(F)C(F)(F)C(F)(F)S)cc2)C1. The summed E-state index contributed by atoms with van der Waals surface area (Å²) in [5, 5.41) is -10.3. The first kappa shape index (κ1) is 24.6. The second-order valence-corrected chi connectivity index (χ2v) is 9.70. The maximum atomic E-state index is 13.5. The van der Waals surface area contributed by atoms with E-state index in [1.54, 1.807) is 12.1 Å². The summed E-state index contributed by atoms with van der Waals surface area (Å²) in [5.74, 6) is -4.62. The molecule has 0 radical (unpaired) electrons. The highest BCUT2D eigenvalue weighted by Gasteiger charge is 2.72. The van der Waals surface area contributed by atoms with E-state index in [0.717, 1.165) is 31.2 Å². The quantitative estimate of drug-likeness (QED) is 0.239. The molecule has 0 aromatic heterocycles. The molecule has 0 aliphatic heterocycles. The maximum absolute atomic E-state index is 13.5. The van der Waals surface area contributed by atoms with Gasteiger partial charge in [-0.3, -0.25) is 0 Å². The van der Waals surface area contributed by atoms with Crippen LogP contribution in [-0.2, 0) is 5.41 Å². The fraction of sp³-hybridized carbons (Fsp3) is 0.700. The van der Waals surface area contributed by atoms with Gasteiger partial charge in [0, 0.05) is 0 Å². The minimum absolute atomic E-state index is 0.0752. The summed E-state index contributed by atoms with van der Waals surface area (Å²) >= 11 is 1.29. The number of halogens is 6. The van der Waals surface area contributed by atoms with E-state index >= 15 is 0 Å². The van der Waals surface area contributed by atoms with E-state index in [-0.39, 0.29) is 11.2 Å². The third-order valence-corrected chi connectivity index (χ3v) is 6.53. The van der Waals surface area contributed by atoms with Gasteiger partial charge in [-0.1, -0.05) is 58.4 Å². The molecule has 1 aliphatic carbocycles. The molecule has 9 heteroatoms. The van der Waals surface area contributed by atoms with Crippen molar-refractivity contribution in [3.63, 3.8) is 0 Å². The standard InChI is InChI=1S/C20H26F6OS2/c1-4-5-14-10-13(2)11-17(3,12-14)15-6-8-16(9-7-15)27-29-20(25,26)18(21,22)19(23,24)28/h6-9,13-14,28H,4-5,10-12H2,1-3H3. The van der Waals surface area contributed by atoms with Crippen molar-refractivity contribution in [2.45, 2.75) is 74.7 Å². The molecule has 0 spiro atoms. The van der Waals surface area contributed by atoms with Gasteiger partial charge in [-0.25, -0.2) is 0 Å². The zero-order chi connectivity index (χ0) is 22.1. The summed E-state index contributed by atoms with van der Waals surface area (Å²) in [6.07, 6.45) is 5.45. The molecular weight excluding hydrogens is 434 g/mol. The van der Waals surface area contributed by atoms with Crippen molar-refractivity contribution in [3.05, 3.63) is 29.8 Å². The molecule has 0 N–H and O–H groups in total. The zero-order valence-corrected chi connectivity index (χ0v) is 18.2. The largest absolute Gasteiger partial charge is 0.419 e. The van der Waals surface area contributed by atoms with Crippen LogP contribution in [0.3, 0.4) is 0 Å². The van der Waals surface area contributed by atoms with Crippen LogP contribution < -0.4 is 4.18 Å². The molecule has 0 amide bonds. The Labute approximate surface area is 177 Å². The molecule has 1 saturated carbocycles. The highest BCUT2D eigenvalue weighted by molar-refractivity contribution is 7.96. The van der Waals surface area contributed by atoms with Crippen molar-refractivity contribution in [1.29, 1.82) is 0 Å². The van der Waals surface area contributed by atoms with Crippen LogP contribution in [0.2, 0.25) is 0 Å². The first-order valence-corrected chi connectivity index (χ1v) is 10.7. The van der Waals surface area contributed by atoms with Crippen LogP contribution in [0.4, 0.5) is 26.3 Å². The molecule has 0 bridgehead atoms. The number of rotatable bonds is 8. The Bertz CT molecular complexity index is 677. The molecule has 0 saturated heterocycles. The van der Waals surface area contributed by atoms with Crippen LogP contribution in [-0.4, -0.2) is 16.4 Å². The normalized spacial score (nSPS) is 26.4. The Morgan fingerprint density at radius 2 is 1.69 bits per heavy atom. The second-order valence-electron chi connectivity index (χ2n) is 8.29. The van der Waals surface area contributed by atoms with Crippen LogP contribution >= 0.6 is 24.7 Å². The first-order chi connectivity index (χ1) is 13.2. The predicted molar refractivity (Wildman–Crippen MR) is 107 cm³/mol. The minimum Gasteiger partial charge on any atom is -0.419 e. The Morgan fingerprint density at radius 1 is 1.10 bits per heavy atom. The van der Waals surface area contributed by atoms with E-state index in [0.29, 0.717) is 11.8 Å². The highest BCUT2D eigenvalue weighted by atomic mass is 32.2. The molecule has 2 rings (SSSR count). The average molecular weight is 461 g/mol. The number of benzene rings is 1. The molecule has 1 aromatic rings. The Kier molecular flexibility index (Phi) is 7.46. The lowest BCUT2D eigenvalue weighted by Crippen LogP contribution is -2.49. The van der Waals surface area contributed by atoms with Gasteiger partial charge in [0.2, 0.25) is 0 Å². The Morgan fingerprint density at radius 3 is 2.21 bits per heavy atom. The summed E-state index contributed by atoms with van der Waals surface area (Å²) in [4.78, 5) is 0. The van der Waals surface area contributed by atoms with Gasteiger partial charge in [0.1, 0.15) is 17.8 Å². The van der Waals surface area contributed by atoms with E-state index in [1.165, 1.54) is 18.6 Å². The summed E-state index contributed by atoms with van der Waals surface area (Å²) in [7, 11) is 0. The van der Waals surface area contributed by atoms with Crippen LogP contribution in [0.25, 0.3) is 0 Å². The predicted octanol–water partition coefficient (Wildman–Crippen LogP) is 7.96. The molecule has 1 aliphatic rings. The van der Waals surface area contributed by atoms with Gasteiger partial charge in [-0.15, -0.1) is 0 Å². The molecular formula is C20H26F6OS2. The lowest BCUT2D eigenvalue weighted by atomic mass is 9.63. The molecule has 3 atom stereocenters. The molecule has 3 unspecified atom stereocenters. The smallest absolute Gasteiger partial charge is 0.397 e. The monoisotopic (exact) mass is 460 g/mol. The van der Waals surface area contributed by atoms with Crippen LogP contribution in [0.15, 0.2) is 24.3 Å². The summed E-state index contributed by atoms with van der Waals surface area (Å²) in [5.41, 5.74) is 0.940. The van der Waals surface area contributed by atoms with Crippen LogP contribution in [0, 0.1) is 11.8 Å². The Balaban J connectivity index is 2.08. The number of hydrogen-bond donors (Lipinski definition) is 1. The van der Waals surface area contributed by atoms with Gasteiger partial charge in [0.15, 0.2) is 0 Å². The number of thiol groups is 1. The summed E-state index contributed by atoms with van der Waals surface area (Å²) < 4.78 is 83.6. The lowest BCUT2D eigenvalue weighted by molar-refractivity contribution is -0.237. The zero-order valence-electron chi connectivity index (χ0n) is 16.5. The molecule has 0 heterocycles. The van der Waals surface area contributed by atoms with Crippen molar-refractivity contribution in [1.82, 2.24) is 0 Å². The highest BCUT2D eigenvalue weighted by Crippen LogP contribution is 2.53. The third-order valence-electron chi connectivity index (χ3n) is 5.51. The van der Waals surface area contributed by atoms with E-state index in [4.69, 9.17) is 0 Å². The topological polar surface area (TPSA) is 9.23 Å². The van der Waals surface area contributed by atoms with E-state index in [1.807, 2.05) is 0 Å². The fourth-order valence-corrected chi connectivity index (χ4v) is 5.09. The number of hydrogen-bond acceptors (Lipinski definition) is 3. The van der Waals surface area contributed by atoms with E-state index in [9.17, 15) is 26.3 Å². The van der Waals surface area contributed by atoms with Gasteiger partial charge in [-0.2, -0.15) is 26.3 Å². The molecule has 1 nitrogen and oxygen atoms in total. The minimum atomic E-state index is -5.67.